The highest BCUT2D eigenvalue weighted by atomic mass is 35.5. The standard InChI is InChI=1S/C11H13Cl2N2/c12-10-2-1-9(7-11(10)13)8-15-5-3-14-4-6-15/h1-2,7H,3-6,8H2. The lowest BCUT2D eigenvalue weighted by atomic mass is 10.2. The lowest BCUT2D eigenvalue weighted by molar-refractivity contribution is 0.231. The Kier molecular flexibility index (Phi) is 3.87. The molecule has 1 radical (unpaired) electrons. The highest BCUT2D eigenvalue weighted by Crippen LogP contribution is 2.23. The number of hydrogen-bond acceptors (Lipinski definition) is 1. The number of rotatable bonds is 2. The maximum atomic E-state index is 5.96. The molecule has 0 aliphatic carbocycles. The fourth-order valence-corrected chi connectivity index (χ4v) is 2.02. The summed E-state index contributed by atoms with van der Waals surface area (Å²) in [5.41, 5.74) is 1.21. The fourth-order valence-electron chi connectivity index (χ4n) is 1.70. The molecule has 0 bridgehead atoms. The number of benzene rings is 1. The predicted molar refractivity (Wildman–Crippen MR) is 63.6 cm³/mol. The van der Waals surface area contributed by atoms with E-state index in [0.29, 0.717) is 10.0 Å². The third-order valence-corrected chi connectivity index (χ3v) is 3.28. The number of hydrogen-bond donors (Lipinski definition) is 0. The Labute approximate surface area is 100 Å². The molecule has 1 heterocycles. The first-order valence-electron chi connectivity index (χ1n) is 5.05. The van der Waals surface area contributed by atoms with Crippen LogP contribution in [0.3, 0.4) is 0 Å². The van der Waals surface area contributed by atoms with Crippen molar-refractivity contribution in [3.8, 4) is 0 Å². The summed E-state index contributed by atoms with van der Waals surface area (Å²) in [6.45, 7) is 4.91. The van der Waals surface area contributed by atoms with E-state index in [1.165, 1.54) is 5.56 Å². The summed E-state index contributed by atoms with van der Waals surface area (Å²) >= 11 is 11.8. The van der Waals surface area contributed by atoms with E-state index in [1.54, 1.807) is 0 Å². The third kappa shape index (κ3) is 3.08. The van der Waals surface area contributed by atoms with Crippen LogP contribution in [-0.2, 0) is 6.54 Å². The van der Waals surface area contributed by atoms with Crippen LogP contribution in [0.1, 0.15) is 5.56 Å². The first-order chi connectivity index (χ1) is 7.25. The SMILES string of the molecule is Clc1ccc(CN2CC[N]CC2)cc1Cl. The van der Waals surface area contributed by atoms with E-state index in [1.807, 2.05) is 18.2 Å². The molecule has 1 fully saturated rings. The molecule has 0 saturated carbocycles. The van der Waals surface area contributed by atoms with Gasteiger partial charge in [-0.3, -0.25) is 4.90 Å². The van der Waals surface area contributed by atoms with Gasteiger partial charge in [0.1, 0.15) is 0 Å². The largest absolute Gasteiger partial charge is 0.296 e. The fraction of sp³-hybridized carbons (Fsp3) is 0.455. The molecule has 15 heavy (non-hydrogen) atoms. The maximum Gasteiger partial charge on any atom is 0.0595 e. The van der Waals surface area contributed by atoms with Crippen molar-refractivity contribution < 1.29 is 0 Å². The Morgan fingerprint density at radius 3 is 2.53 bits per heavy atom. The molecule has 0 amide bonds. The molecular weight excluding hydrogens is 231 g/mol. The molecule has 0 N–H and O–H groups in total. The maximum absolute atomic E-state index is 5.96. The van der Waals surface area contributed by atoms with Crippen molar-refractivity contribution in [3.05, 3.63) is 33.8 Å². The summed E-state index contributed by atoms with van der Waals surface area (Å²) in [5, 5.41) is 5.57. The van der Waals surface area contributed by atoms with Crippen LogP contribution in [0.15, 0.2) is 18.2 Å². The molecule has 1 aromatic rings. The topological polar surface area (TPSA) is 17.3 Å². The zero-order valence-corrected chi connectivity index (χ0v) is 9.93. The van der Waals surface area contributed by atoms with Crippen LogP contribution in [0.25, 0.3) is 0 Å². The van der Waals surface area contributed by atoms with Crippen LogP contribution >= 0.6 is 23.2 Å². The number of nitrogens with zero attached hydrogens (tertiary/aromatic N) is 2. The van der Waals surface area contributed by atoms with Crippen LogP contribution in [0.2, 0.25) is 10.0 Å². The highest BCUT2D eigenvalue weighted by molar-refractivity contribution is 6.42. The second kappa shape index (κ2) is 5.17. The van der Waals surface area contributed by atoms with E-state index in [0.717, 1.165) is 32.7 Å². The molecule has 0 spiro atoms. The summed E-state index contributed by atoms with van der Waals surface area (Å²) < 4.78 is 0. The predicted octanol–water partition coefficient (Wildman–Crippen LogP) is 2.41. The zero-order valence-electron chi connectivity index (χ0n) is 8.42. The van der Waals surface area contributed by atoms with E-state index >= 15 is 0 Å². The van der Waals surface area contributed by atoms with Gasteiger partial charge < -0.3 is 0 Å². The van der Waals surface area contributed by atoms with E-state index in [9.17, 15) is 0 Å². The molecule has 0 atom stereocenters. The van der Waals surface area contributed by atoms with Gasteiger partial charge in [-0.2, -0.15) is 0 Å². The lowest BCUT2D eigenvalue weighted by Gasteiger charge is -2.26. The first kappa shape index (κ1) is 11.2. The lowest BCUT2D eigenvalue weighted by Crippen LogP contribution is -2.39. The van der Waals surface area contributed by atoms with Gasteiger partial charge in [-0.05, 0) is 17.7 Å². The van der Waals surface area contributed by atoms with Gasteiger partial charge in [0.2, 0.25) is 0 Å². The van der Waals surface area contributed by atoms with Gasteiger partial charge in [-0.15, -0.1) is 0 Å². The van der Waals surface area contributed by atoms with E-state index in [4.69, 9.17) is 23.2 Å². The average molecular weight is 244 g/mol. The van der Waals surface area contributed by atoms with Gasteiger partial charge in [0.05, 0.1) is 10.0 Å². The molecule has 0 aromatic heterocycles. The van der Waals surface area contributed by atoms with Gasteiger partial charge in [-0.1, -0.05) is 29.3 Å². The van der Waals surface area contributed by atoms with Crippen molar-refractivity contribution in [2.75, 3.05) is 26.2 Å². The quantitative estimate of drug-likeness (QED) is 0.780. The zero-order chi connectivity index (χ0) is 10.7. The van der Waals surface area contributed by atoms with Crippen molar-refractivity contribution in [2.45, 2.75) is 6.54 Å². The van der Waals surface area contributed by atoms with Gasteiger partial charge in [0.15, 0.2) is 0 Å². The molecule has 1 aliphatic heterocycles. The summed E-state index contributed by atoms with van der Waals surface area (Å²) in [6.07, 6.45) is 0. The monoisotopic (exact) mass is 243 g/mol. The van der Waals surface area contributed by atoms with E-state index in [-0.39, 0.29) is 0 Å². The molecule has 4 heteroatoms. The second-order valence-corrected chi connectivity index (χ2v) is 4.51. The Morgan fingerprint density at radius 1 is 1.13 bits per heavy atom. The molecule has 1 aliphatic rings. The number of halogens is 2. The summed E-state index contributed by atoms with van der Waals surface area (Å²) in [5.74, 6) is 0. The second-order valence-electron chi connectivity index (χ2n) is 3.70. The van der Waals surface area contributed by atoms with Gasteiger partial charge in [0, 0.05) is 32.7 Å². The molecule has 1 saturated heterocycles. The summed E-state index contributed by atoms with van der Waals surface area (Å²) in [7, 11) is 0. The number of piperazine rings is 1. The van der Waals surface area contributed by atoms with Crippen molar-refractivity contribution in [1.82, 2.24) is 10.2 Å². The molecule has 2 rings (SSSR count). The molecule has 0 unspecified atom stereocenters. The smallest absolute Gasteiger partial charge is 0.0595 e. The van der Waals surface area contributed by atoms with Gasteiger partial charge in [0.25, 0.3) is 0 Å². The van der Waals surface area contributed by atoms with Crippen molar-refractivity contribution >= 4 is 23.2 Å². The average Bonchev–Trinajstić information content (AvgIpc) is 2.25. The molecule has 2 nitrogen and oxygen atoms in total. The van der Waals surface area contributed by atoms with Crippen LogP contribution < -0.4 is 5.32 Å². The minimum absolute atomic E-state index is 0.620. The first-order valence-corrected chi connectivity index (χ1v) is 5.81. The Hall–Kier alpha value is -0.280. The molecular formula is C11H13Cl2N2. The Morgan fingerprint density at radius 2 is 1.87 bits per heavy atom. The highest BCUT2D eigenvalue weighted by Gasteiger charge is 2.11. The molecule has 81 valence electrons. The van der Waals surface area contributed by atoms with E-state index in [2.05, 4.69) is 10.2 Å². The van der Waals surface area contributed by atoms with Crippen LogP contribution in [0.5, 0.6) is 0 Å². The van der Waals surface area contributed by atoms with Crippen LogP contribution in [0.4, 0.5) is 0 Å². The van der Waals surface area contributed by atoms with Crippen LogP contribution in [-0.4, -0.2) is 31.1 Å². The minimum Gasteiger partial charge on any atom is -0.296 e. The van der Waals surface area contributed by atoms with E-state index < -0.39 is 0 Å². The molecule has 1 aromatic carbocycles. The third-order valence-electron chi connectivity index (χ3n) is 2.54. The summed E-state index contributed by atoms with van der Waals surface area (Å²) in [6, 6.07) is 5.82. The van der Waals surface area contributed by atoms with Crippen molar-refractivity contribution in [1.29, 1.82) is 0 Å². The Bertz CT molecular complexity index is 335. The van der Waals surface area contributed by atoms with Crippen molar-refractivity contribution in [3.63, 3.8) is 0 Å². The van der Waals surface area contributed by atoms with Crippen LogP contribution in [0, 0.1) is 0 Å². The Balaban J connectivity index is 2.00. The van der Waals surface area contributed by atoms with Crippen molar-refractivity contribution in [2.24, 2.45) is 0 Å². The van der Waals surface area contributed by atoms with Gasteiger partial charge >= 0.3 is 0 Å². The normalized spacial score (nSPS) is 18.0. The van der Waals surface area contributed by atoms with Gasteiger partial charge in [-0.25, -0.2) is 5.32 Å². The summed E-state index contributed by atoms with van der Waals surface area (Å²) in [4.78, 5) is 2.38. The minimum atomic E-state index is 0.620.